The number of hydrogen-bond donors (Lipinski definition) is 0. The molecular formula is C16H19Br2ClO. The maximum atomic E-state index is 6.20. The van der Waals surface area contributed by atoms with Crippen molar-refractivity contribution >= 4 is 43.5 Å². The van der Waals surface area contributed by atoms with Crippen LogP contribution in [0.3, 0.4) is 0 Å². The highest BCUT2D eigenvalue weighted by atomic mass is 79.9. The van der Waals surface area contributed by atoms with E-state index in [1.165, 1.54) is 32.1 Å². The van der Waals surface area contributed by atoms with Gasteiger partial charge < -0.3 is 4.74 Å². The number of methoxy groups -OCH3 is 1. The predicted octanol–water partition coefficient (Wildman–Crippen LogP) is 6.37. The Labute approximate surface area is 142 Å². The lowest BCUT2D eigenvalue weighted by molar-refractivity contribution is 0.312. The van der Waals surface area contributed by atoms with E-state index in [0.29, 0.717) is 4.83 Å². The van der Waals surface area contributed by atoms with Crippen LogP contribution in [0.25, 0.3) is 0 Å². The third-order valence-corrected chi connectivity index (χ3v) is 6.65. The van der Waals surface area contributed by atoms with E-state index in [0.717, 1.165) is 38.6 Å². The van der Waals surface area contributed by atoms with Crippen LogP contribution in [-0.4, -0.2) is 7.11 Å². The fourth-order valence-corrected chi connectivity index (χ4v) is 5.90. The van der Waals surface area contributed by atoms with Gasteiger partial charge in [-0.3, -0.25) is 0 Å². The molecule has 0 saturated heterocycles. The summed E-state index contributed by atoms with van der Waals surface area (Å²) >= 11 is 13.6. The van der Waals surface area contributed by atoms with Gasteiger partial charge in [-0.25, -0.2) is 0 Å². The summed E-state index contributed by atoms with van der Waals surface area (Å²) in [5, 5.41) is 0.755. The summed E-state index contributed by atoms with van der Waals surface area (Å²) in [5.41, 5.74) is 1.16. The second-order valence-corrected chi connectivity index (χ2v) is 8.54. The van der Waals surface area contributed by atoms with Gasteiger partial charge in [0.1, 0.15) is 5.75 Å². The molecule has 1 aromatic rings. The molecule has 0 amide bonds. The Kier molecular flexibility index (Phi) is 4.69. The molecule has 2 aliphatic carbocycles. The van der Waals surface area contributed by atoms with Crippen molar-refractivity contribution in [3.8, 4) is 5.75 Å². The van der Waals surface area contributed by atoms with Gasteiger partial charge in [-0.1, -0.05) is 34.0 Å². The van der Waals surface area contributed by atoms with E-state index in [1.54, 1.807) is 7.11 Å². The van der Waals surface area contributed by atoms with Crippen LogP contribution in [0, 0.1) is 17.8 Å². The van der Waals surface area contributed by atoms with Crippen LogP contribution in [0.5, 0.6) is 5.75 Å². The molecule has 1 aromatic carbocycles. The summed E-state index contributed by atoms with van der Waals surface area (Å²) in [7, 11) is 1.72. The monoisotopic (exact) mass is 420 g/mol. The molecule has 110 valence electrons. The summed E-state index contributed by atoms with van der Waals surface area (Å²) in [6.07, 6.45) is 6.95. The van der Waals surface area contributed by atoms with Crippen molar-refractivity contribution in [1.82, 2.24) is 0 Å². The van der Waals surface area contributed by atoms with Crippen molar-refractivity contribution in [2.24, 2.45) is 17.8 Å². The summed E-state index contributed by atoms with van der Waals surface area (Å²) < 4.78 is 6.47. The molecule has 0 N–H and O–H groups in total. The van der Waals surface area contributed by atoms with Crippen LogP contribution in [0.1, 0.15) is 42.5 Å². The van der Waals surface area contributed by atoms with Gasteiger partial charge in [0, 0.05) is 15.4 Å². The second-order valence-electron chi connectivity index (χ2n) is 6.15. The summed E-state index contributed by atoms with van der Waals surface area (Å²) in [6, 6.07) is 3.92. The largest absolute Gasteiger partial charge is 0.495 e. The molecule has 0 spiro atoms. The van der Waals surface area contributed by atoms with Gasteiger partial charge in [0.15, 0.2) is 0 Å². The average molecular weight is 423 g/mol. The van der Waals surface area contributed by atoms with E-state index in [9.17, 15) is 0 Å². The average Bonchev–Trinajstić information content (AvgIpc) is 3.00. The molecule has 4 atom stereocenters. The smallest absolute Gasteiger partial charge is 0.137 e. The van der Waals surface area contributed by atoms with Crippen LogP contribution < -0.4 is 4.74 Å². The lowest BCUT2D eigenvalue weighted by Gasteiger charge is -2.25. The lowest BCUT2D eigenvalue weighted by Crippen LogP contribution is -2.12. The first-order valence-corrected chi connectivity index (χ1v) is 9.34. The molecule has 4 unspecified atom stereocenters. The molecule has 3 rings (SSSR count). The zero-order chi connectivity index (χ0) is 14.3. The molecule has 1 nitrogen and oxygen atoms in total. The first kappa shape index (κ1) is 15.2. The van der Waals surface area contributed by atoms with E-state index in [4.69, 9.17) is 16.3 Å². The molecule has 0 aromatic heterocycles. The first-order chi connectivity index (χ1) is 9.58. The number of alkyl halides is 1. The Morgan fingerprint density at radius 1 is 1.35 bits per heavy atom. The highest BCUT2D eigenvalue weighted by molar-refractivity contribution is 9.10. The van der Waals surface area contributed by atoms with Gasteiger partial charge in [0.05, 0.1) is 11.6 Å². The second kappa shape index (κ2) is 6.18. The van der Waals surface area contributed by atoms with Crippen molar-refractivity contribution in [2.45, 2.75) is 36.9 Å². The number of fused-ring (bicyclic) bond motifs is 2. The molecular weight excluding hydrogens is 403 g/mol. The first-order valence-electron chi connectivity index (χ1n) is 7.25. The highest BCUT2D eigenvalue weighted by Gasteiger charge is 2.40. The van der Waals surface area contributed by atoms with E-state index in [2.05, 4.69) is 31.9 Å². The number of benzene rings is 1. The van der Waals surface area contributed by atoms with Crippen molar-refractivity contribution in [3.63, 3.8) is 0 Å². The number of rotatable bonds is 4. The fraction of sp³-hybridized carbons (Fsp3) is 0.625. The molecule has 0 aliphatic heterocycles. The molecule has 2 bridgehead atoms. The molecule has 2 aliphatic rings. The quantitative estimate of drug-likeness (QED) is 0.512. The van der Waals surface area contributed by atoms with Gasteiger partial charge in [0.2, 0.25) is 0 Å². The molecule has 20 heavy (non-hydrogen) atoms. The molecule has 4 heteroatoms. The Morgan fingerprint density at radius 2 is 2.15 bits per heavy atom. The number of ether oxygens (including phenoxy) is 1. The van der Waals surface area contributed by atoms with Crippen LogP contribution in [-0.2, 0) is 0 Å². The van der Waals surface area contributed by atoms with Crippen molar-refractivity contribution in [1.29, 1.82) is 0 Å². The minimum absolute atomic E-state index is 0.316. The standard InChI is InChI=1S/C16H19Br2ClO/c1-20-16-13(7-12(19)8-15(16)18)14(17)6-11-5-9-2-3-10(11)4-9/h7-11,14H,2-6H2,1H3. The number of hydrogen-bond acceptors (Lipinski definition) is 1. The predicted molar refractivity (Wildman–Crippen MR) is 90.9 cm³/mol. The van der Waals surface area contributed by atoms with Gasteiger partial charge in [0.25, 0.3) is 0 Å². The maximum Gasteiger partial charge on any atom is 0.137 e. The van der Waals surface area contributed by atoms with E-state index in [1.807, 2.05) is 12.1 Å². The third-order valence-electron chi connectivity index (χ3n) is 4.97. The van der Waals surface area contributed by atoms with Gasteiger partial charge >= 0.3 is 0 Å². The van der Waals surface area contributed by atoms with E-state index >= 15 is 0 Å². The van der Waals surface area contributed by atoms with Crippen LogP contribution >= 0.6 is 43.5 Å². The van der Waals surface area contributed by atoms with Gasteiger partial charge in [-0.15, -0.1) is 0 Å². The lowest BCUT2D eigenvalue weighted by atomic mass is 9.84. The highest BCUT2D eigenvalue weighted by Crippen LogP contribution is 2.53. The third kappa shape index (κ3) is 2.91. The maximum absolute atomic E-state index is 6.20. The Bertz CT molecular complexity index is 505. The molecule has 2 fully saturated rings. The minimum atomic E-state index is 0.316. The number of halogens is 3. The Morgan fingerprint density at radius 3 is 2.75 bits per heavy atom. The van der Waals surface area contributed by atoms with Crippen molar-refractivity contribution in [3.05, 3.63) is 27.2 Å². The summed E-state index contributed by atoms with van der Waals surface area (Å²) in [5.74, 6) is 3.71. The normalized spacial score (nSPS) is 29.7. The van der Waals surface area contributed by atoms with Gasteiger partial charge in [-0.2, -0.15) is 0 Å². The SMILES string of the molecule is COc1c(Br)cc(Cl)cc1C(Br)CC1CC2CCC1C2. The summed E-state index contributed by atoms with van der Waals surface area (Å²) in [6.45, 7) is 0. The van der Waals surface area contributed by atoms with Crippen molar-refractivity contribution in [2.75, 3.05) is 7.11 Å². The van der Waals surface area contributed by atoms with Crippen LogP contribution in [0.4, 0.5) is 0 Å². The fourth-order valence-electron chi connectivity index (χ4n) is 4.09. The van der Waals surface area contributed by atoms with E-state index < -0.39 is 0 Å². The van der Waals surface area contributed by atoms with Crippen molar-refractivity contribution < 1.29 is 4.74 Å². The molecule has 0 radical (unpaired) electrons. The van der Waals surface area contributed by atoms with Crippen LogP contribution in [0.15, 0.2) is 16.6 Å². The zero-order valence-electron chi connectivity index (χ0n) is 11.5. The zero-order valence-corrected chi connectivity index (χ0v) is 15.5. The molecule has 2 saturated carbocycles. The van der Waals surface area contributed by atoms with Gasteiger partial charge in [-0.05, 0) is 71.5 Å². The summed E-state index contributed by atoms with van der Waals surface area (Å²) in [4.78, 5) is 0.316. The molecule has 0 heterocycles. The topological polar surface area (TPSA) is 9.23 Å². The Hall–Kier alpha value is 0.270. The van der Waals surface area contributed by atoms with Crippen LogP contribution in [0.2, 0.25) is 5.02 Å². The van der Waals surface area contributed by atoms with E-state index in [-0.39, 0.29) is 0 Å². The minimum Gasteiger partial charge on any atom is -0.495 e. The Balaban J connectivity index is 1.78.